The number of ether oxygens (including phenoxy) is 4. The van der Waals surface area contributed by atoms with Gasteiger partial charge in [-0.1, -0.05) is 0 Å². The van der Waals surface area contributed by atoms with Gasteiger partial charge in [0.25, 0.3) is 0 Å². The Morgan fingerprint density at radius 1 is 0.737 bits per heavy atom. The van der Waals surface area contributed by atoms with Crippen LogP contribution in [0.4, 0.5) is 0 Å². The minimum absolute atomic E-state index is 0.168. The van der Waals surface area contributed by atoms with E-state index < -0.39 is 0 Å². The van der Waals surface area contributed by atoms with Gasteiger partial charge in [0.15, 0.2) is 6.29 Å². The summed E-state index contributed by atoms with van der Waals surface area (Å²) >= 11 is 0. The van der Waals surface area contributed by atoms with Crippen LogP contribution in [-0.2, 0) is 18.9 Å². The highest BCUT2D eigenvalue weighted by molar-refractivity contribution is 4.60. The Kier molecular flexibility index (Phi) is 14.1. The third-order valence-corrected chi connectivity index (χ3v) is 2.62. The van der Waals surface area contributed by atoms with Crippen LogP contribution < -0.4 is 0 Å². The van der Waals surface area contributed by atoms with E-state index in [0.717, 1.165) is 46.1 Å². The molecule has 0 heterocycles. The lowest BCUT2D eigenvalue weighted by Crippen LogP contribution is -2.39. The van der Waals surface area contributed by atoms with Crippen LogP contribution in [0.3, 0.4) is 0 Å². The third kappa shape index (κ3) is 11.3. The summed E-state index contributed by atoms with van der Waals surface area (Å²) in [5.41, 5.74) is 0. The molecule has 0 fully saturated rings. The third-order valence-electron chi connectivity index (χ3n) is 2.62. The van der Waals surface area contributed by atoms with Crippen LogP contribution in [0.2, 0.25) is 0 Å². The Hall–Kier alpha value is -0.200. The zero-order valence-corrected chi connectivity index (χ0v) is 13.0. The van der Waals surface area contributed by atoms with E-state index >= 15 is 0 Å². The minimum atomic E-state index is -0.168. The summed E-state index contributed by atoms with van der Waals surface area (Å²) in [6.45, 7) is 14.8. The quantitative estimate of drug-likeness (QED) is 0.357. The fourth-order valence-electron chi connectivity index (χ4n) is 1.71. The molecule has 0 radical (unpaired) electrons. The van der Waals surface area contributed by atoms with Crippen molar-refractivity contribution in [3.63, 3.8) is 0 Å². The molecule has 0 aliphatic rings. The predicted molar refractivity (Wildman–Crippen MR) is 76.5 cm³/mol. The van der Waals surface area contributed by atoms with Crippen LogP contribution in [0.1, 0.15) is 27.7 Å². The maximum Gasteiger partial charge on any atom is 0.170 e. The number of hydrogen-bond acceptors (Lipinski definition) is 5. The summed E-state index contributed by atoms with van der Waals surface area (Å²) in [6, 6.07) is 0. The Morgan fingerprint density at radius 2 is 1.21 bits per heavy atom. The minimum Gasteiger partial charge on any atom is -0.380 e. The van der Waals surface area contributed by atoms with E-state index in [0.29, 0.717) is 13.2 Å². The molecular formula is C14H31NO4. The van der Waals surface area contributed by atoms with Gasteiger partial charge in [0.05, 0.1) is 13.2 Å². The first-order valence-corrected chi connectivity index (χ1v) is 7.39. The lowest BCUT2D eigenvalue weighted by atomic mass is 10.4. The SMILES string of the molecule is CCOCCN(CCOCC)CC(OCC)OCC. The average Bonchev–Trinajstić information content (AvgIpc) is 2.39. The summed E-state index contributed by atoms with van der Waals surface area (Å²) < 4.78 is 22.0. The van der Waals surface area contributed by atoms with E-state index in [4.69, 9.17) is 18.9 Å². The van der Waals surface area contributed by atoms with Gasteiger partial charge < -0.3 is 18.9 Å². The smallest absolute Gasteiger partial charge is 0.170 e. The second kappa shape index (κ2) is 14.2. The lowest BCUT2D eigenvalue weighted by Gasteiger charge is -2.27. The van der Waals surface area contributed by atoms with Crippen molar-refractivity contribution in [2.24, 2.45) is 0 Å². The van der Waals surface area contributed by atoms with Crippen molar-refractivity contribution in [1.82, 2.24) is 4.90 Å². The fourth-order valence-corrected chi connectivity index (χ4v) is 1.71. The molecule has 0 N–H and O–H groups in total. The predicted octanol–water partition coefficient (Wildman–Crippen LogP) is 1.76. The molecular weight excluding hydrogens is 246 g/mol. The lowest BCUT2D eigenvalue weighted by molar-refractivity contribution is -0.149. The van der Waals surface area contributed by atoms with E-state index in [9.17, 15) is 0 Å². The molecule has 0 aliphatic heterocycles. The van der Waals surface area contributed by atoms with Gasteiger partial charge in [-0.3, -0.25) is 4.90 Å². The summed E-state index contributed by atoms with van der Waals surface area (Å²) in [6.07, 6.45) is -0.168. The Bertz CT molecular complexity index is 165. The molecule has 5 nitrogen and oxygen atoms in total. The summed E-state index contributed by atoms with van der Waals surface area (Å²) in [4.78, 5) is 2.27. The molecule has 0 unspecified atom stereocenters. The second-order valence-electron chi connectivity index (χ2n) is 4.03. The van der Waals surface area contributed by atoms with Gasteiger partial charge in [-0.25, -0.2) is 0 Å². The number of rotatable bonds is 14. The van der Waals surface area contributed by atoms with Crippen molar-refractivity contribution in [2.75, 3.05) is 59.3 Å². The van der Waals surface area contributed by atoms with Gasteiger partial charge in [0, 0.05) is 46.1 Å². The zero-order chi connectivity index (χ0) is 14.3. The normalized spacial score (nSPS) is 11.7. The largest absolute Gasteiger partial charge is 0.380 e. The summed E-state index contributed by atoms with van der Waals surface area (Å²) in [7, 11) is 0. The van der Waals surface area contributed by atoms with Gasteiger partial charge >= 0.3 is 0 Å². The summed E-state index contributed by atoms with van der Waals surface area (Å²) in [5, 5.41) is 0. The van der Waals surface area contributed by atoms with Crippen LogP contribution in [0.25, 0.3) is 0 Å². The molecule has 0 aliphatic carbocycles. The topological polar surface area (TPSA) is 40.2 Å². The van der Waals surface area contributed by atoms with Crippen LogP contribution in [0.5, 0.6) is 0 Å². The number of hydrogen-bond donors (Lipinski definition) is 0. The molecule has 0 spiro atoms. The molecule has 0 saturated heterocycles. The highest BCUT2D eigenvalue weighted by Crippen LogP contribution is 2.00. The molecule has 116 valence electrons. The van der Waals surface area contributed by atoms with Crippen molar-refractivity contribution in [3.05, 3.63) is 0 Å². The van der Waals surface area contributed by atoms with Gasteiger partial charge in [-0.2, -0.15) is 0 Å². The van der Waals surface area contributed by atoms with E-state index in [1.807, 2.05) is 27.7 Å². The first-order chi connectivity index (χ1) is 9.28. The van der Waals surface area contributed by atoms with Crippen molar-refractivity contribution in [1.29, 1.82) is 0 Å². The number of nitrogens with zero attached hydrogens (tertiary/aromatic N) is 1. The van der Waals surface area contributed by atoms with Crippen LogP contribution in [0, 0.1) is 0 Å². The second-order valence-corrected chi connectivity index (χ2v) is 4.03. The maximum atomic E-state index is 5.58. The molecule has 0 rings (SSSR count). The van der Waals surface area contributed by atoms with Crippen molar-refractivity contribution < 1.29 is 18.9 Å². The highest BCUT2D eigenvalue weighted by atomic mass is 16.7. The fraction of sp³-hybridized carbons (Fsp3) is 1.00. The Morgan fingerprint density at radius 3 is 1.58 bits per heavy atom. The van der Waals surface area contributed by atoms with Crippen molar-refractivity contribution in [3.8, 4) is 0 Å². The molecule has 0 bridgehead atoms. The summed E-state index contributed by atoms with van der Waals surface area (Å²) in [5.74, 6) is 0. The monoisotopic (exact) mass is 277 g/mol. The molecule has 0 aromatic carbocycles. The van der Waals surface area contributed by atoms with E-state index in [1.54, 1.807) is 0 Å². The standard InChI is InChI=1S/C14H31NO4/c1-5-16-11-9-15(10-12-17-6-2)13-14(18-7-3)19-8-4/h14H,5-13H2,1-4H3. The molecule has 0 aromatic heterocycles. The Labute approximate surface area is 118 Å². The van der Waals surface area contributed by atoms with Crippen LogP contribution in [0.15, 0.2) is 0 Å². The van der Waals surface area contributed by atoms with E-state index in [-0.39, 0.29) is 6.29 Å². The van der Waals surface area contributed by atoms with Crippen LogP contribution >= 0.6 is 0 Å². The molecule has 0 amide bonds. The van der Waals surface area contributed by atoms with E-state index in [1.165, 1.54) is 0 Å². The highest BCUT2D eigenvalue weighted by Gasteiger charge is 2.14. The van der Waals surface area contributed by atoms with Gasteiger partial charge in [0.2, 0.25) is 0 Å². The first-order valence-electron chi connectivity index (χ1n) is 7.39. The molecule has 0 atom stereocenters. The van der Waals surface area contributed by atoms with Crippen LogP contribution in [-0.4, -0.2) is 70.5 Å². The van der Waals surface area contributed by atoms with Crippen molar-refractivity contribution >= 4 is 0 Å². The molecule has 0 aromatic rings. The average molecular weight is 277 g/mol. The van der Waals surface area contributed by atoms with Gasteiger partial charge in [-0.05, 0) is 27.7 Å². The van der Waals surface area contributed by atoms with E-state index in [2.05, 4.69) is 4.90 Å². The van der Waals surface area contributed by atoms with Crippen molar-refractivity contribution in [2.45, 2.75) is 34.0 Å². The van der Waals surface area contributed by atoms with Gasteiger partial charge in [0.1, 0.15) is 0 Å². The molecule has 19 heavy (non-hydrogen) atoms. The zero-order valence-electron chi connectivity index (χ0n) is 13.0. The van der Waals surface area contributed by atoms with Gasteiger partial charge in [-0.15, -0.1) is 0 Å². The molecule has 5 heteroatoms. The first kappa shape index (κ1) is 18.8. The maximum absolute atomic E-state index is 5.58. The Balaban J connectivity index is 4.09. The molecule has 0 saturated carbocycles.